The number of rotatable bonds is 3. The Kier molecular flexibility index (Phi) is 3.33. The number of carbonyl (C=O) groups excluding carboxylic acids is 1. The van der Waals surface area contributed by atoms with Gasteiger partial charge in [0, 0.05) is 18.7 Å². The zero-order chi connectivity index (χ0) is 9.68. The molecule has 0 aliphatic rings. The van der Waals surface area contributed by atoms with Gasteiger partial charge in [0.15, 0.2) is 0 Å². The van der Waals surface area contributed by atoms with E-state index in [0.29, 0.717) is 12.2 Å². The second kappa shape index (κ2) is 4.51. The third kappa shape index (κ3) is 3.62. The highest BCUT2D eigenvalue weighted by Crippen LogP contribution is 1.99. The van der Waals surface area contributed by atoms with Gasteiger partial charge in [-0.25, -0.2) is 9.97 Å². The molecule has 0 fully saturated rings. The van der Waals surface area contributed by atoms with Crippen LogP contribution < -0.4 is 11.1 Å². The average molecular weight is 180 g/mol. The van der Waals surface area contributed by atoms with Gasteiger partial charge in [-0.05, 0) is 13.0 Å². The molecule has 3 N–H and O–H groups in total. The summed E-state index contributed by atoms with van der Waals surface area (Å²) in [5.41, 5.74) is 5.45. The van der Waals surface area contributed by atoms with Gasteiger partial charge in [0.2, 0.25) is 5.91 Å². The molecule has 1 rings (SSSR count). The van der Waals surface area contributed by atoms with Crippen molar-refractivity contribution in [2.24, 2.45) is 5.73 Å². The lowest BCUT2D eigenvalue weighted by Gasteiger charge is -2.05. The second-order valence-electron chi connectivity index (χ2n) is 2.82. The van der Waals surface area contributed by atoms with Gasteiger partial charge in [0.25, 0.3) is 0 Å². The zero-order valence-corrected chi connectivity index (χ0v) is 7.40. The number of nitrogens with two attached hydrogens (primary N) is 1. The summed E-state index contributed by atoms with van der Waals surface area (Å²) >= 11 is 0. The summed E-state index contributed by atoms with van der Waals surface area (Å²) in [7, 11) is 0. The van der Waals surface area contributed by atoms with Crippen molar-refractivity contribution < 1.29 is 4.79 Å². The molecule has 5 nitrogen and oxygen atoms in total. The molecular formula is C8H12N4O. The van der Waals surface area contributed by atoms with Crippen LogP contribution >= 0.6 is 0 Å². The molecule has 1 unspecified atom stereocenters. The van der Waals surface area contributed by atoms with Crippen LogP contribution in [0.25, 0.3) is 0 Å². The Morgan fingerprint density at radius 2 is 2.54 bits per heavy atom. The van der Waals surface area contributed by atoms with E-state index in [1.807, 2.05) is 0 Å². The lowest BCUT2D eigenvalue weighted by Crippen LogP contribution is -2.24. The van der Waals surface area contributed by atoms with Gasteiger partial charge in [-0.2, -0.15) is 0 Å². The van der Waals surface area contributed by atoms with Crippen LogP contribution in [0.4, 0.5) is 5.82 Å². The van der Waals surface area contributed by atoms with Gasteiger partial charge in [-0.15, -0.1) is 0 Å². The van der Waals surface area contributed by atoms with E-state index in [1.54, 1.807) is 19.2 Å². The van der Waals surface area contributed by atoms with E-state index in [2.05, 4.69) is 15.3 Å². The van der Waals surface area contributed by atoms with E-state index in [4.69, 9.17) is 5.73 Å². The highest BCUT2D eigenvalue weighted by molar-refractivity contribution is 5.89. The Labute approximate surface area is 76.4 Å². The first-order valence-electron chi connectivity index (χ1n) is 4.00. The maximum Gasteiger partial charge on any atom is 0.227 e. The van der Waals surface area contributed by atoms with Crippen LogP contribution in [-0.4, -0.2) is 21.9 Å². The van der Waals surface area contributed by atoms with Gasteiger partial charge in [-0.1, -0.05) is 0 Å². The highest BCUT2D eigenvalue weighted by Gasteiger charge is 2.05. The van der Waals surface area contributed by atoms with Crippen molar-refractivity contribution in [1.29, 1.82) is 0 Å². The molecule has 1 aromatic rings. The lowest BCUT2D eigenvalue weighted by molar-refractivity contribution is -0.116. The van der Waals surface area contributed by atoms with Gasteiger partial charge in [0.05, 0.1) is 0 Å². The van der Waals surface area contributed by atoms with Gasteiger partial charge < -0.3 is 11.1 Å². The number of amides is 1. The number of aromatic nitrogens is 2. The fraction of sp³-hybridized carbons (Fsp3) is 0.375. The van der Waals surface area contributed by atoms with Crippen molar-refractivity contribution in [3.63, 3.8) is 0 Å². The topological polar surface area (TPSA) is 80.9 Å². The van der Waals surface area contributed by atoms with E-state index in [1.165, 1.54) is 6.33 Å². The van der Waals surface area contributed by atoms with E-state index in [9.17, 15) is 4.79 Å². The summed E-state index contributed by atoms with van der Waals surface area (Å²) in [4.78, 5) is 18.7. The minimum atomic E-state index is -0.137. The average Bonchev–Trinajstić information content (AvgIpc) is 2.04. The molecule has 1 atom stereocenters. The molecule has 0 aliphatic heterocycles. The number of nitrogens with one attached hydrogen (secondary N) is 1. The quantitative estimate of drug-likeness (QED) is 0.694. The predicted molar refractivity (Wildman–Crippen MR) is 48.9 cm³/mol. The zero-order valence-electron chi connectivity index (χ0n) is 7.40. The van der Waals surface area contributed by atoms with Crippen molar-refractivity contribution in [3.8, 4) is 0 Å². The molecule has 5 heteroatoms. The Morgan fingerprint density at radius 1 is 1.77 bits per heavy atom. The molecule has 0 bridgehead atoms. The number of carbonyl (C=O) groups is 1. The molecule has 1 amide bonds. The summed E-state index contributed by atoms with van der Waals surface area (Å²) in [6.07, 6.45) is 3.24. The van der Waals surface area contributed by atoms with E-state index in [-0.39, 0.29) is 11.9 Å². The van der Waals surface area contributed by atoms with Crippen LogP contribution in [0, 0.1) is 0 Å². The normalized spacial score (nSPS) is 12.2. The van der Waals surface area contributed by atoms with Crippen LogP contribution in [0.15, 0.2) is 18.6 Å². The molecular weight excluding hydrogens is 168 g/mol. The fourth-order valence-corrected chi connectivity index (χ4v) is 0.851. The Hall–Kier alpha value is -1.49. The molecule has 0 saturated carbocycles. The predicted octanol–water partition coefficient (Wildman–Crippen LogP) is 0.152. The summed E-state index contributed by atoms with van der Waals surface area (Å²) < 4.78 is 0. The largest absolute Gasteiger partial charge is 0.327 e. The van der Waals surface area contributed by atoms with Crippen molar-refractivity contribution in [2.75, 3.05) is 5.32 Å². The third-order valence-electron chi connectivity index (χ3n) is 1.36. The second-order valence-corrected chi connectivity index (χ2v) is 2.82. The van der Waals surface area contributed by atoms with Gasteiger partial charge >= 0.3 is 0 Å². The van der Waals surface area contributed by atoms with E-state index < -0.39 is 0 Å². The fourth-order valence-electron chi connectivity index (χ4n) is 0.851. The van der Waals surface area contributed by atoms with E-state index >= 15 is 0 Å². The van der Waals surface area contributed by atoms with Crippen LogP contribution in [0.5, 0.6) is 0 Å². The monoisotopic (exact) mass is 180 g/mol. The molecule has 0 aliphatic carbocycles. The minimum Gasteiger partial charge on any atom is -0.327 e. The van der Waals surface area contributed by atoms with Crippen molar-refractivity contribution in [1.82, 2.24) is 9.97 Å². The maximum atomic E-state index is 11.2. The number of hydrogen-bond acceptors (Lipinski definition) is 4. The Balaban J connectivity index is 2.46. The first-order chi connectivity index (χ1) is 6.18. The van der Waals surface area contributed by atoms with E-state index in [0.717, 1.165) is 0 Å². The van der Waals surface area contributed by atoms with Gasteiger partial charge in [-0.3, -0.25) is 4.79 Å². The third-order valence-corrected chi connectivity index (χ3v) is 1.36. The smallest absolute Gasteiger partial charge is 0.227 e. The number of anilines is 1. The summed E-state index contributed by atoms with van der Waals surface area (Å²) in [5.74, 6) is 0.370. The molecule has 0 spiro atoms. The molecule has 13 heavy (non-hydrogen) atoms. The molecule has 0 radical (unpaired) electrons. The Bertz CT molecular complexity index is 273. The number of nitrogens with zero attached hydrogens (tertiary/aromatic N) is 2. The van der Waals surface area contributed by atoms with Crippen LogP contribution in [-0.2, 0) is 4.79 Å². The standard InChI is InChI=1S/C8H12N4O/c1-6(9)4-8(13)12-7-2-3-10-5-11-7/h2-3,5-6H,4,9H2,1H3,(H,10,11,12,13). The highest BCUT2D eigenvalue weighted by atomic mass is 16.1. The number of hydrogen-bond donors (Lipinski definition) is 2. The van der Waals surface area contributed by atoms with Crippen LogP contribution in [0.2, 0.25) is 0 Å². The summed E-state index contributed by atoms with van der Waals surface area (Å²) in [6.45, 7) is 1.78. The van der Waals surface area contributed by atoms with Crippen molar-refractivity contribution in [3.05, 3.63) is 18.6 Å². The molecule has 0 aromatic carbocycles. The molecule has 0 saturated heterocycles. The van der Waals surface area contributed by atoms with Crippen molar-refractivity contribution in [2.45, 2.75) is 19.4 Å². The first kappa shape index (κ1) is 9.60. The van der Waals surface area contributed by atoms with Crippen LogP contribution in [0.1, 0.15) is 13.3 Å². The maximum absolute atomic E-state index is 11.2. The van der Waals surface area contributed by atoms with Crippen molar-refractivity contribution >= 4 is 11.7 Å². The first-order valence-corrected chi connectivity index (χ1v) is 4.00. The minimum absolute atomic E-state index is 0.131. The SMILES string of the molecule is CC(N)CC(=O)Nc1ccncn1. The van der Waals surface area contributed by atoms with Crippen LogP contribution in [0.3, 0.4) is 0 Å². The molecule has 1 aromatic heterocycles. The lowest BCUT2D eigenvalue weighted by atomic mass is 10.2. The molecule has 70 valence electrons. The summed E-state index contributed by atoms with van der Waals surface area (Å²) in [6, 6.07) is 1.49. The Morgan fingerprint density at radius 3 is 3.08 bits per heavy atom. The van der Waals surface area contributed by atoms with Gasteiger partial charge in [0.1, 0.15) is 12.1 Å². The molecule has 1 heterocycles. The summed E-state index contributed by atoms with van der Waals surface area (Å²) in [5, 5.41) is 2.60.